The fourth-order valence-corrected chi connectivity index (χ4v) is 7.18. The Morgan fingerprint density at radius 3 is 2.60 bits per heavy atom. The van der Waals surface area contributed by atoms with E-state index in [-0.39, 0.29) is 36.4 Å². The second-order valence-electron chi connectivity index (χ2n) is 9.60. The topological polar surface area (TPSA) is 101 Å². The lowest BCUT2D eigenvalue weighted by Crippen LogP contribution is -2.62. The molecule has 6 nitrogen and oxygen atoms in total. The van der Waals surface area contributed by atoms with Crippen LogP contribution in [0.4, 0.5) is 0 Å². The highest BCUT2D eigenvalue weighted by Crippen LogP contribution is 2.67. The van der Waals surface area contributed by atoms with E-state index in [1.54, 1.807) is 19.1 Å². The number of hydrogen-bond donors (Lipinski definition) is 2. The number of ether oxygens (including phenoxy) is 1. The van der Waals surface area contributed by atoms with Gasteiger partial charge in [0.2, 0.25) is 10.4 Å². The Kier molecular flexibility index (Phi) is 5.15. The Morgan fingerprint density at radius 1 is 1.27 bits per heavy atom. The molecule has 4 aliphatic carbocycles. The highest BCUT2D eigenvalue weighted by atomic mass is 35.5. The minimum Gasteiger partial charge on any atom is -0.478 e. The lowest BCUT2D eigenvalue weighted by atomic mass is 9.46. The highest BCUT2D eigenvalue weighted by Gasteiger charge is 2.71. The molecule has 3 fully saturated rings. The SMILES string of the molecule is C[C@]12C=CC(=O)C=C1CC[C@@H]1[C@@H]2[C@@H](O)C[C@@]2(C)[C@H]1CC[C@]2(OC(=O)C(Cl)Cl)C(=O)O. The van der Waals surface area contributed by atoms with Gasteiger partial charge >= 0.3 is 11.9 Å². The van der Waals surface area contributed by atoms with E-state index < -0.39 is 39.3 Å². The summed E-state index contributed by atoms with van der Waals surface area (Å²) in [4.78, 5) is 35.0. The van der Waals surface area contributed by atoms with Gasteiger partial charge in [0, 0.05) is 16.7 Å². The number of aliphatic hydroxyl groups excluding tert-OH is 1. The van der Waals surface area contributed by atoms with E-state index >= 15 is 0 Å². The number of esters is 1. The molecule has 0 aromatic heterocycles. The second kappa shape index (κ2) is 7.07. The van der Waals surface area contributed by atoms with Crippen LogP contribution in [-0.4, -0.2) is 44.5 Å². The van der Waals surface area contributed by atoms with Crippen LogP contribution in [0.5, 0.6) is 0 Å². The molecule has 4 aliphatic rings. The number of hydrogen-bond acceptors (Lipinski definition) is 5. The van der Waals surface area contributed by atoms with Crippen LogP contribution in [0.25, 0.3) is 0 Å². The van der Waals surface area contributed by atoms with Crippen molar-refractivity contribution in [3.05, 3.63) is 23.8 Å². The van der Waals surface area contributed by atoms with E-state index in [9.17, 15) is 24.6 Å². The first-order chi connectivity index (χ1) is 14.0. The summed E-state index contributed by atoms with van der Waals surface area (Å²) in [6.45, 7) is 3.85. The van der Waals surface area contributed by atoms with Crippen molar-refractivity contribution < 1.29 is 29.3 Å². The lowest BCUT2D eigenvalue weighted by Gasteiger charge is -2.59. The zero-order valence-corrected chi connectivity index (χ0v) is 18.4. The Labute approximate surface area is 185 Å². The molecule has 0 spiro atoms. The van der Waals surface area contributed by atoms with Gasteiger partial charge < -0.3 is 14.9 Å². The number of rotatable bonds is 3. The first-order valence-electron chi connectivity index (χ1n) is 10.3. The van der Waals surface area contributed by atoms with Gasteiger partial charge in [0.05, 0.1) is 6.10 Å². The highest BCUT2D eigenvalue weighted by molar-refractivity contribution is 6.53. The first kappa shape index (κ1) is 21.8. The lowest BCUT2D eigenvalue weighted by molar-refractivity contribution is -0.208. The number of ketones is 1. The minimum atomic E-state index is -1.78. The molecule has 0 unspecified atom stereocenters. The van der Waals surface area contributed by atoms with Gasteiger partial charge in [-0.1, -0.05) is 48.7 Å². The van der Waals surface area contributed by atoms with Crippen LogP contribution in [0.1, 0.15) is 46.0 Å². The van der Waals surface area contributed by atoms with Gasteiger partial charge in [-0.3, -0.25) is 4.79 Å². The second-order valence-corrected chi connectivity index (χ2v) is 10.7. The van der Waals surface area contributed by atoms with Crippen molar-refractivity contribution in [3.63, 3.8) is 0 Å². The number of aliphatic carboxylic acids is 1. The average Bonchev–Trinajstić information content (AvgIpc) is 2.94. The quantitative estimate of drug-likeness (QED) is 0.498. The van der Waals surface area contributed by atoms with Crippen molar-refractivity contribution in [2.24, 2.45) is 28.6 Å². The molecule has 0 aromatic rings. The third-order valence-electron chi connectivity index (χ3n) is 8.41. The van der Waals surface area contributed by atoms with Gasteiger partial charge in [-0.25, -0.2) is 9.59 Å². The van der Waals surface area contributed by atoms with Gasteiger partial charge in [0.15, 0.2) is 5.78 Å². The normalized spacial score (nSPS) is 44.7. The number of aliphatic hydroxyl groups is 1. The fraction of sp³-hybridized carbons (Fsp3) is 0.682. The summed E-state index contributed by atoms with van der Waals surface area (Å²) in [5.74, 6) is -2.38. The molecule has 4 rings (SSSR count). The smallest absolute Gasteiger partial charge is 0.348 e. The van der Waals surface area contributed by atoms with Crippen molar-refractivity contribution >= 4 is 40.9 Å². The Hall–Kier alpha value is -1.37. The van der Waals surface area contributed by atoms with Crippen molar-refractivity contribution in [1.29, 1.82) is 0 Å². The van der Waals surface area contributed by atoms with Gasteiger partial charge in [-0.05, 0) is 56.1 Å². The molecule has 7 atom stereocenters. The van der Waals surface area contributed by atoms with Crippen LogP contribution in [0.15, 0.2) is 23.8 Å². The van der Waals surface area contributed by atoms with Crippen molar-refractivity contribution in [2.75, 3.05) is 0 Å². The number of halogens is 2. The molecule has 0 heterocycles. The largest absolute Gasteiger partial charge is 0.478 e. The number of carbonyl (C=O) groups excluding carboxylic acids is 2. The molecule has 8 heteroatoms. The maximum atomic E-state index is 12.4. The molecule has 30 heavy (non-hydrogen) atoms. The molecule has 0 aromatic carbocycles. The molecule has 2 N–H and O–H groups in total. The summed E-state index contributed by atoms with van der Waals surface area (Å²) in [7, 11) is 0. The van der Waals surface area contributed by atoms with Gasteiger partial charge in [-0.15, -0.1) is 0 Å². The van der Waals surface area contributed by atoms with Gasteiger partial charge in [-0.2, -0.15) is 0 Å². The van der Waals surface area contributed by atoms with Crippen LogP contribution < -0.4 is 0 Å². The molecule has 0 bridgehead atoms. The Balaban J connectivity index is 1.74. The van der Waals surface area contributed by atoms with Crippen molar-refractivity contribution in [1.82, 2.24) is 0 Å². The summed E-state index contributed by atoms with van der Waals surface area (Å²) < 4.78 is 5.48. The maximum Gasteiger partial charge on any atom is 0.348 e. The standard InChI is InChI=1S/C22H26Cl2O6/c1-20-7-5-12(25)9-11(20)3-4-13-14-6-8-22(19(28)29,30-18(27)17(23)24)21(14,2)10-15(26)16(13)20/h5,7,9,13-17,26H,3-4,6,8,10H2,1-2H3,(H,28,29)/t13-,14-,15-,16+,20-,21-,22-/m0/s1. The molecule has 0 amide bonds. The van der Waals surface area contributed by atoms with E-state index in [0.29, 0.717) is 6.42 Å². The summed E-state index contributed by atoms with van der Waals surface area (Å²) in [6.07, 6.45) is 6.70. The Bertz CT molecular complexity index is 866. The number of carboxylic acids is 1. The van der Waals surface area contributed by atoms with Crippen LogP contribution in [-0.2, 0) is 19.1 Å². The van der Waals surface area contributed by atoms with Gasteiger partial charge in [0.25, 0.3) is 0 Å². The predicted octanol–water partition coefficient (Wildman–Crippen LogP) is 3.44. The minimum absolute atomic E-state index is 0.0366. The first-order valence-corrected chi connectivity index (χ1v) is 11.2. The van der Waals surface area contributed by atoms with E-state index in [1.165, 1.54) is 0 Å². The molecule has 0 saturated heterocycles. The number of fused-ring (bicyclic) bond motifs is 5. The van der Waals surface area contributed by atoms with E-state index in [4.69, 9.17) is 27.9 Å². The molecule has 3 saturated carbocycles. The molecule has 0 radical (unpaired) electrons. The van der Waals surface area contributed by atoms with Crippen LogP contribution >= 0.6 is 23.2 Å². The predicted molar refractivity (Wildman–Crippen MR) is 110 cm³/mol. The summed E-state index contributed by atoms with van der Waals surface area (Å²) in [5.41, 5.74) is -2.15. The number of carboxylic acid groups (broad SMARTS) is 1. The van der Waals surface area contributed by atoms with Crippen LogP contribution in [0.3, 0.4) is 0 Å². The van der Waals surface area contributed by atoms with Crippen LogP contribution in [0.2, 0.25) is 0 Å². The van der Waals surface area contributed by atoms with Crippen molar-refractivity contribution in [2.45, 2.75) is 62.5 Å². The maximum absolute atomic E-state index is 12.4. The van der Waals surface area contributed by atoms with E-state index in [0.717, 1.165) is 18.4 Å². The zero-order chi connectivity index (χ0) is 22.1. The van der Waals surface area contributed by atoms with E-state index in [1.807, 2.05) is 6.08 Å². The molecule has 0 aliphatic heterocycles. The summed E-state index contributed by atoms with van der Waals surface area (Å²) in [6, 6.07) is 0. The third-order valence-corrected chi connectivity index (χ3v) is 8.77. The number of allylic oxidation sites excluding steroid dienone is 4. The summed E-state index contributed by atoms with van der Waals surface area (Å²) >= 11 is 11.3. The van der Waals surface area contributed by atoms with E-state index in [2.05, 4.69) is 6.92 Å². The molecular formula is C22H26Cl2O6. The van der Waals surface area contributed by atoms with Crippen LogP contribution in [0, 0.1) is 28.6 Å². The third kappa shape index (κ3) is 2.83. The molecule has 164 valence electrons. The monoisotopic (exact) mass is 456 g/mol. The number of alkyl halides is 2. The van der Waals surface area contributed by atoms with Crippen molar-refractivity contribution in [3.8, 4) is 0 Å². The molecular weight excluding hydrogens is 431 g/mol. The average molecular weight is 457 g/mol. The summed E-state index contributed by atoms with van der Waals surface area (Å²) in [5, 5.41) is 21.5. The fourth-order valence-electron chi connectivity index (χ4n) is 7.09. The van der Waals surface area contributed by atoms with Gasteiger partial charge in [0.1, 0.15) is 0 Å². The zero-order valence-electron chi connectivity index (χ0n) is 16.9. The Morgan fingerprint density at radius 2 is 1.97 bits per heavy atom. The number of carbonyl (C=O) groups is 3.